The fraction of sp³-hybridized carbons (Fsp3) is 0.111. The molecule has 0 aliphatic rings. The Hall–Kier alpha value is -2.38. The van der Waals surface area contributed by atoms with Gasteiger partial charge < -0.3 is 0 Å². The molecular weight excluding hydrogens is 596 g/mol. The molecule has 0 aliphatic heterocycles. The van der Waals surface area contributed by atoms with Crippen LogP contribution in [0.5, 0.6) is 0 Å². The Labute approximate surface area is 212 Å². The van der Waals surface area contributed by atoms with Crippen LogP contribution in [0.4, 0.5) is 26.3 Å². The van der Waals surface area contributed by atoms with Crippen LogP contribution in [-0.2, 0) is 18.5 Å². The summed E-state index contributed by atoms with van der Waals surface area (Å²) in [7, 11) is 0. The first-order valence-corrected chi connectivity index (χ1v) is 15.8. The second kappa shape index (κ2) is 9.25. The van der Waals surface area contributed by atoms with Crippen molar-refractivity contribution in [2.24, 2.45) is 0 Å². The molecule has 0 atom stereocenters. The van der Waals surface area contributed by atoms with Gasteiger partial charge in [0.15, 0.2) is 0 Å². The van der Waals surface area contributed by atoms with E-state index in [4.69, 9.17) is 0 Å². The van der Waals surface area contributed by atoms with Gasteiger partial charge in [-0.2, -0.15) is 0 Å². The van der Waals surface area contributed by atoms with Gasteiger partial charge in [0.25, 0.3) is 0 Å². The van der Waals surface area contributed by atoms with Crippen LogP contribution >= 0.6 is 26.3 Å². The molecule has 8 heteroatoms. The average Bonchev–Trinajstić information content (AvgIpc) is 2.84. The number of halogens is 7. The summed E-state index contributed by atoms with van der Waals surface area (Å²) < 4.78 is 78.4. The molecule has 0 bridgehead atoms. The molecule has 4 aromatic rings. The number of benzene rings is 4. The number of alkyl halides is 6. The minimum absolute atomic E-state index is 0.0167. The first-order valence-electron chi connectivity index (χ1n) is 10.6. The topological polar surface area (TPSA) is 0 Å². The summed E-state index contributed by atoms with van der Waals surface area (Å²) in [5.41, 5.74) is -2.63. The maximum absolute atomic E-state index is 13.7. The normalized spacial score (nSPS) is 13.7. The van der Waals surface area contributed by atoms with Gasteiger partial charge in [0.2, 0.25) is 0 Å². The van der Waals surface area contributed by atoms with Crippen LogP contribution in [-0.4, -0.2) is 0 Å². The molecule has 4 aromatic carbocycles. The van der Waals surface area contributed by atoms with Crippen LogP contribution in [0.3, 0.4) is 0 Å². The van der Waals surface area contributed by atoms with Crippen molar-refractivity contribution in [3.05, 3.63) is 126 Å². The quantitative estimate of drug-likeness (QED) is 0.121. The Morgan fingerprint density at radius 1 is 0.514 bits per heavy atom. The molecular formula is C27H20F6IP. The van der Waals surface area contributed by atoms with Crippen LogP contribution in [0.25, 0.3) is 0 Å². The molecule has 35 heavy (non-hydrogen) atoms. The van der Waals surface area contributed by atoms with E-state index in [-0.39, 0.29) is 17.8 Å². The molecule has 0 N–H and O–H groups in total. The van der Waals surface area contributed by atoms with Crippen molar-refractivity contribution in [3.63, 3.8) is 0 Å². The van der Waals surface area contributed by atoms with Crippen molar-refractivity contribution in [2.75, 3.05) is 0 Å². The third-order valence-corrected chi connectivity index (χ3v) is 17.1. The van der Waals surface area contributed by atoms with E-state index in [0.29, 0.717) is 0 Å². The van der Waals surface area contributed by atoms with Crippen LogP contribution in [0.1, 0.15) is 16.7 Å². The van der Waals surface area contributed by atoms with E-state index in [2.05, 4.69) is 22.0 Å². The zero-order valence-electron chi connectivity index (χ0n) is 18.2. The van der Waals surface area contributed by atoms with Gasteiger partial charge in [-0.1, -0.05) is 0 Å². The molecule has 0 saturated carbocycles. The van der Waals surface area contributed by atoms with Crippen LogP contribution < -0.4 is 15.9 Å². The molecule has 0 nitrogen and oxygen atoms in total. The first kappa shape index (κ1) is 25.7. The molecule has 182 valence electrons. The van der Waals surface area contributed by atoms with Gasteiger partial charge in [-0.05, 0) is 0 Å². The van der Waals surface area contributed by atoms with Crippen LogP contribution in [0.2, 0.25) is 0 Å². The second-order valence-electron chi connectivity index (χ2n) is 8.26. The fourth-order valence-electron chi connectivity index (χ4n) is 4.39. The molecule has 0 aromatic heterocycles. The van der Waals surface area contributed by atoms with Gasteiger partial charge in [0, 0.05) is 0 Å². The van der Waals surface area contributed by atoms with Gasteiger partial charge >= 0.3 is 213 Å². The monoisotopic (exact) mass is 616 g/mol. The molecule has 0 aliphatic carbocycles. The van der Waals surface area contributed by atoms with Crippen molar-refractivity contribution >= 4 is 42.2 Å². The van der Waals surface area contributed by atoms with Gasteiger partial charge in [-0.15, -0.1) is 0 Å². The Kier molecular flexibility index (Phi) is 6.79. The molecule has 0 radical (unpaired) electrons. The number of rotatable bonds is 5. The number of hydrogen-bond acceptors (Lipinski definition) is 0. The SMILES string of the molecule is FC(F)(F)c1cc(CP(I)(c2ccccc2)(c2ccccc2)c2ccccc2)cc(C(F)(F)F)c1. The van der Waals surface area contributed by atoms with Crippen molar-refractivity contribution < 1.29 is 26.3 Å². The Morgan fingerprint density at radius 2 is 0.829 bits per heavy atom. The van der Waals surface area contributed by atoms with Gasteiger partial charge in [-0.3, -0.25) is 0 Å². The van der Waals surface area contributed by atoms with E-state index < -0.39 is 27.7 Å². The van der Waals surface area contributed by atoms with E-state index in [0.717, 1.165) is 28.0 Å². The summed E-state index contributed by atoms with van der Waals surface area (Å²) in [5, 5.41) is 2.59. The molecule has 0 amide bonds. The third kappa shape index (κ3) is 4.85. The zero-order valence-corrected chi connectivity index (χ0v) is 21.2. The standard InChI is InChI=1S/C27H20F6IP/c28-26(29,30)21-16-20(17-22(18-21)27(31,32)33)19-35(34,23-10-4-1-5-11-23,24-12-6-2-7-13-24)25-14-8-3-9-15-25/h1-18H,19H2. The minimum atomic E-state index is -4.91. The van der Waals surface area contributed by atoms with Gasteiger partial charge in [0.1, 0.15) is 0 Å². The summed E-state index contributed by atoms with van der Waals surface area (Å²) in [5.74, 6) is 0. The Balaban J connectivity index is 2.09. The van der Waals surface area contributed by atoms with Gasteiger partial charge in [-0.25, -0.2) is 0 Å². The summed E-state index contributed by atoms with van der Waals surface area (Å²) >= 11 is 2.34. The molecule has 0 unspecified atom stereocenters. The number of hydrogen-bond donors (Lipinski definition) is 0. The van der Waals surface area contributed by atoms with Crippen LogP contribution in [0.15, 0.2) is 109 Å². The Morgan fingerprint density at radius 3 is 1.11 bits per heavy atom. The Bertz CT molecular complexity index is 1170. The summed E-state index contributed by atoms with van der Waals surface area (Å²) in [6, 6.07) is 29.9. The van der Waals surface area contributed by atoms with Gasteiger partial charge in [0.05, 0.1) is 0 Å². The van der Waals surface area contributed by atoms with Crippen molar-refractivity contribution in [1.82, 2.24) is 0 Å². The zero-order chi connectivity index (χ0) is 25.3. The van der Waals surface area contributed by atoms with E-state index in [1.807, 2.05) is 91.0 Å². The maximum atomic E-state index is 13.7. The predicted octanol–water partition coefficient (Wildman–Crippen LogP) is 8.10. The summed E-state index contributed by atoms with van der Waals surface area (Å²) in [4.78, 5) is 0. The van der Waals surface area contributed by atoms with Crippen molar-refractivity contribution in [2.45, 2.75) is 18.5 Å². The molecule has 0 spiro atoms. The molecule has 4 rings (SSSR count). The average molecular weight is 616 g/mol. The summed E-state index contributed by atoms with van der Waals surface area (Å²) in [6.45, 7) is 0. The van der Waals surface area contributed by atoms with E-state index >= 15 is 0 Å². The van der Waals surface area contributed by atoms with Crippen molar-refractivity contribution in [3.8, 4) is 0 Å². The van der Waals surface area contributed by atoms with Crippen molar-refractivity contribution in [1.29, 1.82) is 0 Å². The third-order valence-electron chi connectivity index (χ3n) is 6.01. The van der Waals surface area contributed by atoms with E-state index in [1.165, 1.54) is 0 Å². The van der Waals surface area contributed by atoms with E-state index in [9.17, 15) is 26.3 Å². The second-order valence-corrected chi connectivity index (χ2v) is 18.9. The van der Waals surface area contributed by atoms with E-state index in [1.54, 1.807) is 0 Å². The van der Waals surface area contributed by atoms with Crippen LogP contribution in [0, 0.1) is 0 Å². The molecule has 0 heterocycles. The fourth-order valence-corrected chi connectivity index (χ4v) is 13.2. The molecule has 0 saturated heterocycles. The molecule has 0 fully saturated rings. The summed E-state index contributed by atoms with van der Waals surface area (Å²) in [6.07, 6.45) is -9.84. The predicted molar refractivity (Wildman–Crippen MR) is 139 cm³/mol. The first-order chi connectivity index (χ1) is 16.4.